The predicted molar refractivity (Wildman–Crippen MR) is 366 cm³/mol. The second-order valence-corrected chi connectivity index (χ2v) is 26.7. The van der Waals surface area contributed by atoms with E-state index < -0.39 is 120 Å². The lowest BCUT2D eigenvalue weighted by molar-refractivity contribution is -0.385. The Balaban J connectivity index is 0.000000220. The molecule has 105 heavy (non-hydrogen) atoms. The van der Waals surface area contributed by atoms with Gasteiger partial charge in [-0.1, -0.05) is 152 Å². The highest BCUT2D eigenvalue weighted by Gasteiger charge is 2.44. The van der Waals surface area contributed by atoms with E-state index in [1.807, 2.05) is 30.3 Å². The van der Waals surface area contributed by atoms with Crippen LogP contribution in [0.2, 0.25) is 0 Å². The van der Waals surface area contributed by atoms with Gasteiger partial charge in [0, 0.05) is 24.3 Å². The number of hydrogen-bond acceptors (Lipinski definition) is 21. The van der Waals surface area contributed by atoms with Gasteiger partial charge >= 0.3 is 64.9 Å². The van der Waals surface area contributed by atoms with Crippen molar-refractivity contribution in [3.63, 3.8) is 0 Å². The third kappa shape index (κ3) is 25.5. The lowest BCUT2D eigenvalue weighted by atomic mass is 10.1. The number of para-hydroxylation sites is 4. The molecule has 0 aromatic heterocycles. The van der Waals surface area contributed by atoms with E-state index in [9.17, 15) is 84.8 Å². The highest BCUT2D eigenvalue weighted by atomic mass is 31.2. The number of nitrogens with one attached hydrogen (secondary N) is 3. The van der Waals surface area contributed by atoms with Crippen LogP contribution in [0.5, 0.6) is 34.5 Å². The minimum atomic E-state index is -5.08. The van der Waals surface area contributed by atoms with Crippen molar-refractivity contribution in [3.05, 3.63) is 300 Å². The molecule has 9 aromatic carbocycles. The van der Waals surface area contributed by atoms with Crippen molar-refractivity contribution in [1.29, 1.82) is 0 Å². The average molecular weight is 1520 g/mol. The fourth-order valence-electron chi connectivity index (χ4n) is 8.64. The molecule has 36 heteroatoms. The van der Waals surface area contributed by atoms with E-state index in [4.69, 9.17) is 41.4 Å². The van der Waals surface area contributed by atoms with Crippen molar-refractivity contribution >= 4 is 58.2 Å². The molecular weight excluding hydrogens is 1460 g/mol. The van der Waals surface area contributed by atoms with Crippen molar-refractivity contribution in [2.75, 3.05) is 0 Å². The van der Waals surface area contributed by atoms with Crippen LogP contribution >= 0.6 is 23.2 Å². The molecule has 0 radical (unpaired) electrons. The maximum absolute atomic E-state index is 13.6. The molecule has 9 aromatic rings. The molecule has 3 unspecified atom stereocenters. The second-order valence-electron chi connectivity index (χ2n) is 21.9. The number of nitrogens with zero attached hydrogens (tertiary/aromatic N) is 3. The van der Waals surface area contributed by atoms with Crippen LogP contribution in [0.1, 0.15) is 54.2 Å². The largest absolute Gasteiger partial charge is 0.513 e. The number of rotatable bonds is 30. The smallest absolute Gasteiger partial charge is 0.460 e. The number of non-ortho nitro benzene ring substituents is 1. The number of nitro groups is 3. The van der Waals surface area contributed by atoms with E-state index in [1.165, 1.54) is 87.5 Å². The third-order valence-electron chi connectivity index (χ3n) is 13.7. The van der Waals surface area contributed by atoms with Crippen LogP contribution in [0, 0.1) is 37.3 Å². The van der Waals surface area contributed by atoms with Gasteiger partial charge in [-0.2, -0.15) is 41.6 Å². The molecule has 0 saturated carbocycles. The number of nitro benzene ring substituents is 3. The highest BCUT2D eigenvalue weighted by Crippen LogP contribution is 2.53. The van der Waals surface area contributed by atoms with Crippen molar-refractivity contribution in [2.24, 2.45) is 0 Å². The van der Waals surface area contributed by atoms with E-state index in [2.05, 4.69) is 15.3 Å². The molecule has 27 nitrogen and oxygen atoms in total. The molecule has 0 spiro atoms. The molecule has 9 rings (SSSR count). The Morgan fingerprint density at radius 2 is 0.743 bits per heavy atom. The minimum absolute atomic E-state index is 0.00718. The number of alkyl halides is 6. The predicted octanol–water partition coefficient (Wildman–Crippen LogP) is 17.0. The van der Waals surface area contributed by atoms with Gasteiger partial charge in [-0.05, 0) is 111 Å². The average Bonchev–Trinajstić information content (AvgIpc) is 0.789. The number of esters is 3. The summed E-state index contributed by atoms with van der Waals surface area (Å²) < 4.78 is 169. The zero-order valence-electron chi connectivity index (χ0n) is 55.4. The van der Waals surface area contributed by atoms with Crippen molar-refractivity contribution in [3.8, 4) is 34.5 Å². The van der Waals surface area contributed by atoms with Gasteiger partial charge in [-0.3, -0.25) is 44.7 Å². The fourth-order valence-corrected chi connectivity index (χ4v) is 13.3. The molecule has 0 aliphatic carbocycles. The highest BCUT2D eigenvalue weighted by molar-refractivity contribution is 7.53. The van der Waals surface area contributed by atoms with Crippen LogP contribution in [-0.4, -0.2) is 50.8 Å². The summed E-state index contributed by atoms with van der Waals surface area (Å²) in [6.07, 6.45) is -9.94. The summed E-state index contributed by atoms with van der Waals surface area (Å²) in [7, 11) is -13.7. The first-order valence-corrected chi connectivity index (χ1v) is 35.4. The number of hydrogen-bond donors (Lipinski definition) is 3. The monoisotopic (exact) mass is 1520 g/mol. The van der Waals surface area contributed by atoms with Crippen LogP contribution in [0.25, 0.3) is 0 Å². The quantitative estimate of drug-likeness (QED) is 0.00940. The Kier molecular flexibility index (Phi) is 28.6. The Morgan fingerprint density at radius 1 is 0.400 bits per heavy atom. The van der Waals surface area contributed by atoms with Gasteiger partial charge in [-0.25, -0.2) is 13.7 Å². The minimum Gasteiger partial charge on any atom is -0.460 e. The van der Waals surface area contributed by atoms with Gasteiger partial charge in [0.2, 0.25) is 11.5 Å². The normalized spacial score (nSPS) is 13.7. The summed E-state index contributed by atoms with van der Waals surface area (Å²) >= 11 is 0. The second kappa shape index (κ2) is 37.1. The maximum atomic E-state index is 13.6. The Morgan fingerprint density at radius 3 is 1.08 bits per heavy atom. The number of halogens is 6. The van der Waals surface area contributed by atoms with E-state index in [-0.39, 0.29) is 54.6 Å². The number of benzene rings is 9. The first kappa shape index (κ1) is 80.8. The SMILES string of the molecule is C[C@H](NP(=O)(Oc1ccccc1)Oc1c([N+](=O)[O-])cccc1C(F)(F)F)C(=O)OCc1ccccc1.C[C@H](NP(=O)(Oc1ccccc1)Oc1ccc(C(F)(F)F)cc1[N+](=O)[O-])C(=O)OCc1ccccc1.Cc1cc([N+](=O)[O-])ccc1OP(=O)(N[C@@H](C)C(=O)OCc1ccccc1)Oc1ccccc1. The Labute approximate surface area is 594 Å². The van der Waals surface area contributed by atoms with Crippen LogP contribution in [0.15, 0.2) is 237 Å². The summed E-state index contributed by atoms with van der Waals surface area (Å²) in [4.78, 5) is 68.5. The lowest BCUT2D eigenvalue weighted by Gasteiger charge is -2.24. The van der Waals surface area contributed by atoms with E-state index in [1.54, 1.807) is 110 Å². The van der Waals surface area contributed by atoms with Crippen molar-refractivity contribution in [2.45, 2.75) is 78.0 Å². The number of carbonyl (C=O) groups excluding carboxylic acids is 3. The number of aryl methyl sites for hydroxylation is 1. The molecule has 0 fully saturated rings. The first-order valence-electron chi connectivity index (χ1n) is 30.7. The maximum Gasteiger partial charge on any atom is 0.513 e. The molecule has 0 aliphatic rings. The third-order valence-corrected chi connectivity index (χ3v) is 18.5. The fraction of sp³-hybridized carbons (Fsp3) is 0.174. The van der Waals surface area contributed by atoms with Gasteiger partial charge in [0.1, 0.15) is 66.5 Å². The first-order chi connectivity index (χ1) is 49.7. The standard InChI is InChI=1S/2C23H20F3N2O7P.C23H23N2O7P/c1-16(22(29)33-15-17-9-4-2-5-10-17)27-36(32,34-18-11-6-3-7-12-18)35-21-19(23(24,25)26)13-8-14-20(21)28(30)31;1-16(22(29)33-15-17-8-4-2-5-9-17)27-36(32,34-19-10-6-3-7-11-19)35-21-13-12-18(23(24,25)26)14-20(21)28(30)31;1-17-15-20(25(27)28)13-14-22(17)32-33(29,31-21-11-7-4-8-12-21)24-18(2)23(26)30-16-19-9-5-3-6-10-19/h2*2-14,16H,15H2,1H3,(H,27,32);3-15,18H,16H2,1-2H3,(H,24,29)/t2*16-,36?;18-,33?/m000/s1. The molecular formula is C69H63F6N6O21P3. The summed E-state index contributed by atoms with van der Waals surface area (Å²) in [6.45, 7) is 5.41. The molecule has 0 saturated heterocycles. The number of ether oxygens (including phenoxy) is 3. The van der Waals surface area contributed by atoms with Crippen LogP contribution in [0.4, 0.5) is 43.4 Å². The zero-order valence-corrected chi connectivity index (χ0v) is 58.1. The topological polar surface area (TPSA) is 351 Å². The van der Waals surface area contributed by atoms with Gasteiger partial charge in [0.05, 0.1) is 20.3 Å². The summed E-state index contributed by atoms with van der Waals surface area (Å²) in [5.74, 6) is -4.23. The number of carbonyl (C=O) groups is 3. The molecule has 0 aliphatic heterocycles. The van der Waals surface area contributed by atoms with Gasteiger partial charge in [0.15, 0.2) is 0 Å². The van der Waals surface area contributed by atoms with Crippen LogP contribution in [0.3, 0.4) is 0 Å². The molecule has 0 heterocycles. The van der Waals surface area contributed by atoms with Crippen molar-refractivity contribution < 1.29 is 111 Å². The molecule has 552 valence electrons. The van der Waals surface area contributed by atoms with Crippen LogP contribution < -0.4 is 42.4 Å². The summed E-state index contributed by atoms with van der Waals surface area (Å²) in [5, 5.41) is 41.0. The Bertz CT molecular complexity index is 4580. The Hall–Kier alpha value is -11.5. The molecule has 0 bridgehead atoms. The summed E-state index contributed by atoms with van der Waals surface area (Å²) in [5.41, 5.74) is -2.64. The molecule has 0 amide bonds. The zero-order chi connectivity index (χ0) is 76.5. The van der Waals surface area contributed by atoms with Gasteiger partial charge in [-0.15, -0.1) is 0 Å². The summed E-state index contributed by atoms with van der Waals surface area (Å²) in [6, 6.07) is 53.2. The lowest BCUT2D eigenvalue weighted by Crippen LogP contribution is -2.36. The molecule has 3 N–H and O–H groups in total. The van der Waals surface area contributed by atoms with E-state index >= 15 is 0 Å². The van der Waals surface area contributed by atoms with Crippen LogP contribution in [-0.2, 0) is 74.5 Å². The van der Waals surface area contributed by atoms with Gasteiger partial charge < -0.3 is 41.4 Å². The molecule has 6 atom stereocenters. The van der Waals surface area contributed by atoms with E-state index in [0.717, 1.165) is 17.7 Å². The van der Waals surface area contributed by atoms with E-state index in [0.29, 0.717) is 34.9 Å². The van der Waals surface area contributed by atoms with Crippen molar-refractivity contribution in [1.82, 2.24) is 15.3 Å². The van der Waals surface area contributed by atoms with Gasteiger partial charge in [0.25, 0.3) is 5.69 Å².